The molecule has 0 spiro atoms. The first-order valence-corrected chi connectivity index (χ1v) is 18.2. The van der Waals surface area contributed by atoms with Crippen molar-refractivity contribution in [3.8, 4) is 11.1 Å². The second-order valence-electron chi connectivity index (χ2n) is 13.4. The molecule has 0 saturated carbocycles. The summed E-state index contributed by atoms with van der Waals surface area (Å²) in [5, 5.41) is 21.3. The summed E-state index contributed by atoms with van der Waals surface area (Å²) in [6.07, 6.45) is 0.382. The molecule has 1 fully saturated rings. The van der Waals surface area contributed by atoms with E-state index in [4.69, 9.17) is 14.7 Å². The first-order valence-electron chi connectivity index (χ1n) is 18.2. The van der Waals surface area contributed by atoms with Gasteiger partial charge in [0.1, 0.15) is 0 Å². The maximum absolute atomic E-state index is 12.4. The highest BCUT2D eigenvalue weighted by molar-refractivity contribution is 5.78. The lowest BCUT2D eigenvalue weighted by atomic mass is 9.97. The number of aliphatic hydroxyl groups is 1. The molecular weight excluding hydrogens is 666 g/mol. The number of hydrogen-bond acceptors (Lipinski definition) is 7. The average Bonchev–Trinajstić information content (AvgIpc) is 3.21. The fourth-order valence-corrected chi connectivity index (χ4v) is 6.71. The normalized spacial score (nSPS) is 17.0. The van der Waals surface area contributed by atoms with Gasteiger partial charge in [0.15, 0.2) is 6.29 Å². The summed E-state index contributed by atoms with van der Waals surface area (Å²) in [4.78, 5) is 26.1. The van der Waals surface area contributed by atoms with Crippen LogP contribution in [0.1, 0.15) is 71.5 Å². The molecule has 9 nitrogen and oxygen atoms in total. The van der Waals surface area contributed by atoms with Crippen molar-refractivity contribution >= 4 is 11.8 Å². The van der Waals surface area contributed by atoms with Crippen LogP contribution >= 0.6 is 0 Å². The topological polar surface area (TPSA) is 120 Å². The minimum absolute atomic E-state index is 0.0124. The number of benzene rings is 5. The standard InChI is InChI=1S/C44H47N3O6/c48-31-34-18-20-36(21-19-34)41-26-39(30-47(28-32-10-3-1-4-11-32)29-33-12-5-2-6-13-33)52-44(53-41)37-24-22-35(23-25-37)40-15-8-7-14-38(40)27-45-42(49)16-9-17-43(50)46-51/h1-8,10-15,18-25,39,41,44,48,51H,9,16-17,26-31H2,(H,45,49)(H,46,50)/t39-,41+,44+/m0/s1. The van der Waals surface area contributed by atoms with Gasteiger partial charge in [-0.1, -0.05) is 133 Å². The Kier molecular flexibility index (Phi) is 13.5. The summed E-state index contributed by atoms with van der Waals surface area (Å²) in [5.74, 6) is -0.667. The Morgan fingerprint density at radius 3 is 1.92 bits per heavy atom. The highest BCUT2D eigenvalue weighted by Gasteiger charge is 2.33. The molecule has 6 rings (SSSR count). The fraction of sp³-hybridized carbons (Fsp3) is 0.273. The van der Waals surface area contributed by atoms with Gasteiger partial charge in [-0.25, -0.2) is 5.48 Å². The van der Waals surface area contributed by atoms with Crippen LogP contribution in [0.5, 0.6) is 0 Å². The number of nitrogens with one attached hydrogen (secondary N) is 2. The zero-order valence-corrected chi connectivity index (χ0v) is 29.8. The van der Waals surface area contributed by atoms with E-state index in [9.17, 15) is 14.7 Å². The highest BCUT2D eigenvalue weighted by Crippen LogP contribution is 2.39. The molecule has 3 atom stereocenters. The number of rotatable bonds is 16. The molecule has 0 aliphatic carbocycles. The number of carbonyl (C=O) groups excluding carboxylic acids is 2. The molecule has 0 aromatic heterocycles. The summed E-state index contributed by atoms with van der Waals surface area (Å²) < 4.78 is 13.5. The molecule has 1 heterocycles. The summed E-state index contributed by atoms with van der Waals surface area (Å²) in [6, 6.07) is 45.1. The Morgan fingerprint density at radius 2 is 1.28 bits per heavy atom. The van der Waals surface area contributed by atoms with Gasteiger partial charge in [-0.3, -0.25) is 19.7 Å². The summed E-state index contributed by atoms with van der Waals surface area (Å²) in [6.45, 7) is 2.61. The van der Waals surface area contributed by atoms with Crippen molar-refractivity contribution in [2.24, 2.45) is 0 Å². The van der Waals surface area contributed by atoms with E-state index < -0.39 is 12.2 Å². The maximum Gasteiger partial charge on any atom is 0.243 e. The summed E-state index contributed by atoms with van der Waals surface area (Å²) >= 11 is 0. The lowest BCUT2D eigenvalue weighted by molar-refractivity contribution is -0.253. The molecule has 2 amide bonds. The lowest BCUT2D eigenvalue weighted by Crippen LogP contribution is -2.39. The van der Waals surface area contributed by atoms with Crippen LogP contribution in [0.2, 0.25) is 0 Å². The monoisotopic (exact) mass is 713 g/mol. The molecule has 1 saturated heterocycles. The van der Waals surface area contributed by atoms with Crippen molar-refractivity contribution in [1.82, 2.24) is 15.7 Å². The SMILES string of the molecule is O=C(CCCC(=O)NCc1ccccc1-c1ccc([C@@H]2O[C@H](CN(Cc3ccccc3)Cc3ccccc3)C[C@H](c3ccc(CO)cc3)O2)cc1)NO. The molecule has 0 unspecified atom stereocenters. The van der Waals surface area contributed by atoms with Crippen LogP contribution in [-0.2, 0) is 45.3 Å². The van der Waals surface area contributed by atoms with Crippen molar-refractivity contribution in [3.63, 3.8) is 0 Å². The number of hydrogen-bond donors (Lipinski definition) is 4. The van der Waals surface area contributed by atoms with Gasteiger partial charge < -0.3 is 19.9 Å². The molecule has 0 radical (unpaired) electrons. The third-order valence-electron chi connectivity index (χ3n) is 9.49. The van der Waals surface area contributed by atoms with Crippen LogP contribution in [0.4, 0.5) is 0 Å². The largest absolute Gasteiger partial charge is 0.392 e. The quantitative estimate of drug-likeness (QED) is 0.0622. The van der Waals surface area contributed by atoms with Crippen molar-refractivity contribution in [2.75, 3.05) is 6.54 Å². The molecule has 1 aliphatic heterocycles. The second-order valence-corrected chi connectivity index (χ2v) is 13.4. The van der Waals surface area contributed by atoms with Gasteiger partial charge in [0.2, 0.25) is 11.8 Å². The molecule has 1 aliphatic rings. The predicted octanol–water partition coefficient (Wildman–Crippen LogP) is 7.39. The number of amides is 2. The Hall–Kier alpha value is -5.16. The first kappa shape index (κ1) is 37.6. The molecule has 5 aromatic rings. The third kappa shape index (κ3) is 10.9. The van der Waals surface area contributed by atoms with Gasteiger partial charge in [-0.2, -0.15) is 0 Å². The van der Waals surface area contributed by atoms with Crippen molar-refractivity contribution in [2.45, 2.75) is 70.4 Å². The minimum atomic E-state index is -0.594. The zero-order valence-electron chi connectivity index (χ0n) is 29.8. The van der Waals surface area contributed by atoms with Gasteiger partial charge in [0.05, 0.1) is 18.8 Å². The van der Waals surface area contributed by atoms with Gasteiger partial charge in [0, 0.05) is 51.0 Å². The van der Waals surface area contributed by atoms with Gasteiger partial charge in [-0.05, 0) is 45.4 Å². The average molecular weight is 714 g/mol. The highest BCUT2D eigenvalue weighted by atomic mass is 16.7. The second kappa shape index (κ2) is 19.1. The molecule has 53 heavy (non-hydrogen) atoms. The minimum Gasteiger partial charge on any atom is -0.392 e. The van der Waals surface area contributed by atoms with Crippen molar-refractivity contribution < 1.29 is 29.4 Å². The molecule has 0 bridgehead atoms. The lowest BCUT2D eigenvalue weighted by Gasteiger charge is -2.38. The summed E-state index contributed by atoms with van der Waals surface area (Å²) in [7, 11) is 0. The van der Waals surface area contributed by atoms with E-state index in [0.29, 0.717) is 25.9 Å². The van der Waals surface area contributed by atoms with Crippen LogP contribution in [0.3, 0.4) is 0 Å². The Bertz CT molecular complexity index is 1850. The van der Waals surface area contributed by atoms with Crippen molar-refractivity contribution in [3.05, 3.63) is 167 Å². The first-order chi connectivity index (χ1) is 26.0. The van der Waals surface area contributed by atoms with E-state index in [1.54, 1.807) is 5.48 Å². The summed E-state index contributed by atoms with van der Waals surface area (Å²) in [5.41, 5.74) is 9.85. The number of ether oxygens (including phenoxy) is 2. The van der Waals surface area contributed by atoms with Crippen LogP contribution in [0, 0.1) is 0 Å². The smallest absolute Gasteiger partial charge is 0.243 e. The molecule has 5 aromatic carbocycles. The fourth-order valence-electron chi connectivity index (χ4n) is 6.71. The number of carbonyl (C=O) groups is 2. The van der Waals surface area contributed by atoms with Crippen LogP contribution in [-0.4, -0.2) is 39.7 Å². The van der Waals surface area contributed by atoms with E-state index in [1.165, 1.54) is 11.1 Å². The third-order valence-corrected chi connectivity index (χ3v) is 9.49. The molecular formula is C44H47N3O6. The van der Waals surface area contributed by atoms with Gasteiger partial charge >= 0.3 is 0 Å². The molecule has 4 N–H and O–H groups in total. The predicted molar refractivity (Wildman–Crippen MR) is 203 cm³/mol. The van der Waals surface area contributed by atoms with E-state index in [0.717, 1.165) is 46.5 Å². The van der Waals surface area contributed by atoms with Crippen LogP contribution in [0.25, 0.3) is 11.1 Å². The van der Waals surface area contributed by atoms with E-state index in [-0.39, 0.29) is 37.6 Å². The Morgan fingerprint density at radius 1 is 0.679 bits per heavy atom. The maximum atomic E-state index is 12.4. The molecule has 274 valence electrons. The van der Waals surface area contributed by atoms with E-state index >= 15 is 0 Å². The van der Waals surface area contributed by atoms with Crippen molar-refractivity contribution in [1.29, 1.82) is 0 Å². The zero-order chi connectivity index (χ0) is 36.8. The van der Waals surface area contributed by atoms with E-state index in [1.807, 2.05) is 72.8 Å². The number of aliphatic hydroxyl groups excluding tert-OH is 1. The Balaban J connectivity index is 1.19. The van der Waals surface area contributed by atoms with E-state index in [2.05, 4.69) is 70.9 Å². The number of nitrogens with zero attached hydrogens (tertiary/aromatic N) is 1. The van der Waals surface area contributed by atoms with Gasteiger partial charge in [0.25, 0.3) is 0 Å². The number of hydroxylamine groups is 1. The van der Waals surface area contributed by atoms with Crippen LogP contribution in [0.15, 0.2) is 133 Å². The molecule has 9 heteroatoms. The Labute approximate surface area is 311 Å². The van der Waals surface area contributed by atoms with Crippen LogP contribution < -0.4 is 10.8 Å². The van der Waals surface area contributed by atoms with Gasteiger partial charge in [-0.15, -0.1) is 0 Å².